The van der Waals surface area contributed by atoms with Gasteiger partial charge in [0.15, 0.2) is 0 Å². The molecule has 44 valence electrons. The lowest BCUT2D eigenvalue weighted by molar-refractivity contribution is 0.785. The van der Waals surface area contributed by atoms with Crippen LogP contribution in [0.3, 0.4) is 0 Å². The average molecular weight is 116 g/mol. The molecule has 0 bridgehead atoms. The van der Waals surface area contributed by atoms with Crippen molar-refractivity contribution in [1.82, 2.24) is 0 Å². The Bertz CT molecular complexity index is 204. The first-order valence-corrected chi connectivity index (χ1v) is 3.04. The lowest BCUT2D eigenvalue weighted by atomic mass is 10.1. The standard InChI is InChI=1S/C9H8/c1-2-3-6-9-7-4-5-8-9/h1,3,6,9H,4,7H2/b6-3+. The van der Waals surface area contributed by atoms with E-state index in [0.29, 0.717) is 5.92 Å². The highest BCUT2D eigenvalue weighted by Gasteiger charge is 2.02. The van der Waals surface area contributed by atoms with Crippen LogP contribution in [-0.4, -0.2) is 0 Å². The highest BCUT2D eigenvalue weighted by atomic mass is 14.0. The second-order valence-corrected chi connectivity index (χ2v) is 1.99. The Morgan fingerprint density at radius 3 is 3.11 bits per heavy atom. The molecule has 0 amide bonds. The summed E-state index contributed by atoms with van der Waals surface area (Å²) < 4.78 is 0. The molecule has 0 radical (unpaired) electrons. The second-order valence-electron chi connectivity index (χ2n) is 1.99. The highest BCUT2D eigenvalue weighted by Crippen LogP contribution is 2.11. The smallest absolute Gasteiger partial charge is 0.0400 e. The molecule has 0 heteroatoms. The number of hydrogen-bond donors (Lipinski definition) is 0. The van der Waals surface area contributed by atoms with Crippen LogP contribution in [0.4, 0.5) is 0 Å². The molecule has 1 aliphatic rings. The van der Waals surface area contributed by atoms with Gasteiger partial charge in [-0.05, 0) is 12.5 Å². The van der Waals surface area contributed by atoms with Crippen molar-refractivity contribution in [3.8, 4) is 24.2 Å². The maximum absolute atomic E-state index is 5.02. The Morgan fingerprint density at radius 1 is 1.67 bits per heavy atom. The van der Waals surface area contributed by atoms with E-state index in [4.69, 9.17) is 6.42 Å². The van der Waals surface area contributed by atoms with Gasteiger partial charge in [0.1, 0.15) is 0 Å². The van der Waals surface area contributed by atoms with Crippen molar-refractivity contribution in [1.29, 1.82) is 0 Å². The Kier molecular flexibility index (Phi) is 2.00. The SMILES string of the molecule is C#C/C=C/C1C#CCC1. The predicted octanol–water partition coefficient (Wildman–Crippen LogP) is 1.59. The van der Waals surface area contributed by atoms with Gasteiger partial charge in [0.2, 0.25) is 0 Å². The van der Waals surface area contributed by atoms with Crippen molar-refractivity contribution in [2.24, 2.45) is 5.92 Å². The molecule has 0 fully saturated rings. The number of terminal acetylenes is 1. The molecule has 0 saturated heterocycles. The van der Waals surface area contributed by atoms with Gasteiger partial charge < -0.3 is 0 Å². The zero-order chi connectivity index (χ0) is 6.53. The summed E-state index contributed by atoms with van der Waals surface area (Å²) in [6.07, 6.45) is 10.9. The fourth-order valence-electron chi connectivity index (χ4n) is 0.819. The van der Waals surface area contributed by atoms with Gasteiger partial charge in [-0.15, -0.1) is 12.3 Å². The number of rotatable bonds is 1. The lowest BCUT2D eigenvalue weighted by Gasteiger charge is -1.92. The maximum atomic E-state index is 5.02. The van der Waals surface area contributed by atoms with Gasteiger partial charge in [-0.3, -0.25) is 0 Å². The van der Waals surface area contributed by atoms with Gasteiger partial charge in [0, 0.05) is 12.3 Å². The summed E-state index contributed by atoms with van der Waals surface area (Å²) in [7, 11) is 0. The van der Waals surface area contributed by atoms with Gasteiger partial charge in [0.25, 0.3) is 0 Å². The van der Waals surface area contributed by atoms with Gasteiger partial charge >= 0.3 is 0 Å². The molecule has 0 aromatic heterocycles. The van der Waals surface area contributed by atoms with Crippen LogP contribution in [0.15, 0.2) is 12.2 Å². The lowest BCUT2D eigenvalue weighted by Crippen LogP contribution is -1.84. The Morgan fingerprint density at radius 2 is 2.56 bits per heavy atom. The Balaban J connectivity index is 2.41. The van der Waals surface area contributed by atoms with E-state index < -0.39 is 0 Å². The second kappa shape index (κ2) is 3.00. The molecular weight excluding hydrogens is 108 g/mol. The molecule has 0 aromatic carbocycles. The largest absolute Gasteiger partial charge is 0.115 e. The summed E-state index contributed by atoms with van der Waals surface area (Å²) in [5.74, 6) is 8.95. The monoisotopic (exact) mass is 116 g/mol. The molecule has 1 atom stereocenters. The third-order valence-corrected chi connectivity index (χ3v) is 1.29. The third-order valence-electron chi connectivity index (χ3n) is 1.29. The van der Waals surface area contributed by atoms with Crippen LogP contribution in [-0.2, 0) is 0 Å². The van der Waals surface area contributed by atoms with Crippen LogP contribution < -0.4 is 0 Å². The number of hydrogen-bond acceptors (Lipinski definition) is 0. The van der Waals surface area contributed by atoms with E-state index in [9.17, 15) is 0 Å². The fraction of sp³-hybridized carbons (Fsp3) is 0.333. The van der Waals surface area contributed by atoms with Gasteiger partial charge in [0.05, 0.1) is 0 Å². The minimum atomic E-state index is 0.432. The quantitative estimate of drug-likeness (QED) is 0.456. The first-order valence-electron chi connectivity index (χ1n) is 3.04. The molecule has 0 N–H and O–H groups in total. The van der Waals surface area contributed by atoms with Crippen molar-refractivity contribution in [2.75, 3.05) is 0 Å². The fourth-order valence-corrected chi connectivity index (χ4v) is 0.819. The van der Waals surface area contributed by atoms with Crippen molar-refractivity contribution in [3.05, 3.63) is 12.2 Å². The first-order chi connectivity index (χ1) is 4.43. The van der Waals surface area contributed by atoms with Crippen LogP contribution in [0.2, 0.25) is 0 Å². The molecule has 0 saturated carbocycles. The van der Waals surface area contributed by atoms with Gasteiger partial charge in [-0.2, -0.15) is 0 Å². The average Bonchev–Trinajstić information content (AvgIpc) is 2.34. The topological polar surface area (TPSA) is 0 Å². The van der Waals surface area contributed by atoms with E-state index in [0.717, 1.165) is 12.8 Å². The van der Waals surface area contributed by atoms with Crippen molar-refractivity contribution >= 4 is 0 Å². The van der Waals surface area contributed by atoms with Crippen LogP contribution in [0.25, 0.3) is 0 Å². The molecule has 0 spiro atoms. The highest BCUT2D eigenvalue weighted by molar-refractivity contribution is 5.20. The molecule has 0 aromatic rings. The third kappa shape index (κ3) is 1.67. The molecule has 1 unspecified atom stereocenters. The Labute approximate surface area is 56.0 Å². The summed E-state index contributed by atoms with van der Waals surface area (Å²) in [6.45, 7) is 0. The van der Waals surface area contributed by atoms with Crippen molar-refractivity contribution in [3.63, 3.8) is 0 Å². The van der Waals surface area contributed by atoms with Crippen LogP contribution in [0, 0.1) is 30.1 Å². The van der Waals surface area contributed by atoms with Gasteiger partial charge in [-0.25, -0.2) is 0 Å². The normalized spacial score (nSPS) is 23.2. The van der Waals surface area contributed by atoms with E-state index in [1.165, 1.54) is 0 Å². The summed E-state index contributed by atoms with van der Waals surface area (Å²) in [6, 6.07) is 0. The van der Waals surface area contributed by atoms with Crippen molar-refractivity contribution in [2.45, 2.75) is 12.8 Å². The molecule has 1 aliphatic carbocycles. The van der Waals surface area contributed by atoms with Crippen LogP contribution >= 0.6 is 0 Å². The summed E-state index contributed by atoms with van der Waals surface area (Å²) >= 11 is 0. The molecule has 1 rings (SSSR count). The minimum Gasteiger partial charge on any atom is -0.115 e. The predicted molar refractivity (Wildman–Crippen MR) is 38.5 cm³/mol. The van der Waals surface area contributed by atoms with E-state index >= 15 is 0 Å². The molecule has 9 heavy (non-hydrogen) atoms. The zero-order valence-corrected chi connectivity index (χ0v) is 5.22. The molecular formula is C9H8. The van der Waals surface area contributed by atoms with Crippen LogP contribution in [0.1, 0.15) is 12.8 Å². The van der Waals surface area contributed by atoms with Gasteiger partial charge in [-0.1, -0.05) is 17.9 Å². The van der Waals surface area contributed by atoms with E-state index in [1.54, 1.807) is 6.08 Å². The first kappa shape index (κ1) is 5.99. The molecule has 0 heterocycles. The molecule has 0 nitrogen and oxygen atoms in total. The summed E-state index contributed by atoms with van der Waals surface area (Å²) in [5.41, 5.74) is 0. The van der Waals surface area contributed by atoms with Crippen molar-refractivity contribution < 1.29 is 0 Å². The van der Waals surface area contributed by atoms with E-state index in [1.807, 2.05) is 6.08 Å². The zero-order valence-electron chi connectivity index (χ0n) is 5.22. The summed E-state index contributed by atoms with van der Waals surface area (Å²) in [5, 5.41) is 0. The Hall–Kier alpha value is -1.14. The molecule has 0 aliphatic heterocycles. The number of allylic oxidation sites excluding steroid dienone is 2. The van der Waals surface area contributed by atoms with E-state index in [2.05, 4.69) is 17.8 Å². The minimum absolute atomic E-state index is 0.432. The summed E-state index contributed by atoms with van der Waals surface area (Å²) in [4.78, 5) is 0. The van der Waals surface area contributed by atoms with Crippen LogP contribution in [0.5, 0.6) is 0 Å². The van der Waals surface area contributed by atoms with E-state index in [-0.39, 0.29) is 0 Å². The maximum Gasteiger partial charge on any atom is 0.0400 e.